The second kappa shape index (κ2) is 6.01. The first-order valence-electron chi connectivity index (χ1n) is 6.24. The Balaban J connectivity index is 2.05. The summed E-state index contributed by atoms with van der Waals surface area (Å²) in [7, 11) is 0. The van der Waals surface area contributed by atoms with Crippen LogP contribution < -0.4 is 5.32 Å². The van der Waals surface area contributed by atoms with E-state index in [9.17, 15) is 4.79 Å². The molecule has 98 valence electrons. The first-order chi connectivity index (χ1) is 9.24. The third-order valence-corrected chi connectivity index (χ3v) is 2.98. The molecule has 2 rings (SSSR count). The summed E-state index contributed by atoms with van der Waals surface area (Å²) >= 11 is 0. The van der Waals surface area contributed by atoms with Gasteiger partial charge in [-0.1, -0.05) is 24.2 Å². The number of para-hydroxylation sites is 1. The van der Waals surface area contributed by atoms with Gasteiger partial charge < -0.3 is 9.84 Å². The lowest BCUT2D eigenvalue weighted by molar-refractivity contribution is -0.121. The molecule has 1 heterocycles. The molecule has 0 saturated heterocycles. The van der Waals surface area contributed by atoms with E-state index in [4.69, 9.17) is 9.78 Å². The minimum absolute atomic E-state index is 0.101. The maximum atomic E-state index is 11.9. The molecule has 1 unspecified atom stereocenters. The Morgan fingerprint density at radius 3 is 3.05 bits per heavy atom. The molecule has 0 aliphatic rings. The maximum absolute atomic E-state index is 11.9. The summed E-state index contributed by atoms with van der Waals surface area (Å²) in [5.74, 6) is -0.138. The topological polar surface area (TPSA) is 78.9 Å². The molecule has 0 aliphatic heterocycles. The number of hydrogen-bond acceptors (Lipinski definition) is 4. The maximum Gasteiger partial charge on any atom is 0.226 e. The van der Waals surface area contributed by atoms with Crippen molar-refractivity contribution in [2.24, 2.45) is 0 Å². The van der Waals surface area contributed by atoms with Gasteiger partial charge in [-0.3, -0.25) is 4.79 Å². The van der Waals surface area contributed by atoms with Crippen molar-refractivity contribution < 1.29 is 9.32 Å². The van der Waals surface area contributed by atoms with Crippen molar-refractivity contribution in [3.63, 3.8) is 0 Å². The number of amides is 1. The van der Waals surface area contributed by atoms with Crippen molar-refractivity contribution in [2.45, 2.75) is 32.2 Å². The Morgan fingerprint density at radius 1 is 1.53 bits per heavy atom. The number of carbonyl (C=O) groups is 1. The molecule has 0 saturated carbocycles. The third kappa shape index (κ3) is 3.10. The van der Waals surface area contributed by atoms with Crippen molar-refractivity contribution in [1.82, 2.24) is 10.5 Å². The summed E-state index contributed by atoms with van der Waals surface area (Å²) in [6.07, 6.45) is 1.22. The fraction of sp³-hybridized carbons (Fsp3) is 0.357. The molecule has 0 spiro atoms. The van der Waals surface area contributed by atoms with E-state index in [1.807, 2.05) is 31.2 Å². The van der Waals surface area contributed by atoms with Gasteiger partial charge in [-0.05, 0) is 18.6 Å². The van der Waals surface area contributed by atoms with Gasteiger partial charge in [0.1, 0.15) is 5.69 Å². The zero-order valence-corrected chi connectivity index (χ0v) is 10.7. The summed E-state index contributed by atoms with van der Waals surface area (Å²) in [5.41, 5.74) is 1.30. The number of carbonyl (C=O) groups excluding carboxylic acids is 1. The number of nitrogens with one attached hydrogen (secondary N) is 1. The van der Waals surface area contributed by atoms with Gasteiger partial charge in [0, 0.05) is 11.4 Å². The summed E-state index contributed by atoms with van der Waals surface area (Å²) in [6.45, 7) is 1.94. The van der Waals surface area contributed by atoms with Gasteiger partial charge in [-0.15, -0.1) is 0 Å². The number of nitrogens with zero attached hydrogens (tertiary/aromatic N) is 2. The SMILES string of the molecule is CCC(CC#N)NC(=O)Cc1noc2ccccc12. The molecule has 1 amide bonds. The quantitative estimate of drug-likeness (QED) is 0.890. The van der Waals surface area contributed by atoms with Crippen molar-refractivity contribution in [2.75, 3.05) is 0 Å². The van der Waals surface area contributed by atoms with Crippen LogP contribution in [0.25, 0.3) is 11.0 Å². The highest BCUT2D eigenvalue weighted by atomic mass is 16.5. The molecule has 1 N–H and O–H groups in total. The number of nitriles is 1. The van der Waals surface area contributed by atoms with E-state index in [1.165, 1.54) is 0 Å². The molecule has 5 heteroatoms. The molecule has 1 aromatic carbocycles. The van der Waals surface area contributed by atoms with Crippen molar-refractivity contribution in [1.29, 1.82) is 5.26 Å². The molecule has 0 fully saturated rings. The van der Waals surface area contributed by atoms with Gasteiger partial charge in [0.15, 0.2) is 5.58 Å². The molecule has 2 aromatic rings. The van der Waals surface area contributed by atoms with E-state index in [1.54, 1.807) is 0 Å². The van der Waals surface area contributed by atoms with Gasteiger partial charge in [-0.25, -0.2) is 0 Å². The minimum Gasteiger partial charge on any atom is -0.356 e. The van der Waals surface area contributed by atoms with Crippen LogP contribution in [0.4, 0.5) is 0 Å². The Hall–Kier alpha value is -2.35. The highest BCUT2D eigenvalue weighted by Gasteiger charge is 2.14. The van der Waals surface area contributed by atoms with Crippen LogP contribution in [-0.2, 0) is 11.2 Å². The summed E-state index contributed by atoms with van der Waals surface area (Å²) in [6, 6.07) is 9.39. The molecule has 19 heavy (non-hydrogen) atoms. The first-order valence-corrected chi connectivity index (χ1v) is 6.24. The zero-order chi connectivity index (χ0) is 13.7. The predicted octanol–water partition coefficient (Wildman–Crippen LogP) is 2.18. The van der Waals surface area contributed by atoms with Crippen LogP contribution in [-0.4, -0.2) is 17.1 Å². The second-order valence-corrected chi connectivity index (χ2v) is 4.34. The van der Waals surface area contributed by atoms with Crippen LogP contribution >= 0.6 is 0 Å². The van der Waals surface area contributed by atoms with E-state index in [0.29, 0.717) is 17.7 Å². The van der Waals surface area contributed by atoms with E-state index in [0.717, 1.165) is 11.8 Å². The van der Waals surface area contributed by atoms with Crippen LogP contribution in [0.3, 0.4) is 0 Å². The smallest absolute Gasteiger partial charge is 0.226 e. The molecule has 0 aliphatic carbocycles. The number of fused-ring (bicyclic) bond motifs is 1. The van der Waals surface area contributed by atoms with Gasteiger partial charge in [0.05, 0.1) is 18.9 Å². The Kier molecular flexibility index (Phi) is 4.14. The standard InChI is InChI=1S/C14H15N3O2/c1-2-10(7-8-15)16-14(18)9-12-11-5-3-4-6-13(11)19-17-12/h3-6,10H,2,7,9H2,1H3,(H,16,18). The van der Waals surface area contributed by atoms with Gasteiger partial charge in [0.25, 0.3) is 0 Å². The number of hydrogen-bond donors (Lipinski definition) is 1. The van der Waals surface area contributed by atoms with Crippen LogP contribution in [0.1, 0.15) is 25.5 Å². The molecule has 0 bridgehead atoms. The van der Waals surface area contributed by atoms with E-state index < -0.39 is 0 Å². The average Bonchev–Trinajstić information content (AvgIpc) is 2.82. The summed E-state index contributed by atoms with van der Waals surface area (Å²) in [4.78, 5) is 11.9. The van der Waals surface area contributed by atoms with Crippen molar-refractivity contribution in [3.8, 4) is 6.07 Å². The highest BCUT2D eigenvalue weighted by Crippen LogP contribution is 2.18. The number of rotatable bonds is 5. The number of aromatic nitrogens is 1. The van der Waals surface area contributed by atoms with E-state index in [2.05, 4.69) is 16.5 Å². The molecular weight excluding hydrogens is 242 g/mol. The van der Waals surface area contributed by atoms with Gasteiger partial charge in [0.2, 0.25) is 5.91 Å². The molecular formula is C14H15N3O2. The van der Waals surface area contributed by atoms with E-state index in [-0.39, 0.29) is 18.4 Å². The normalized spacial score (nSPS) is 12.0. The lowest BCUT2D eigenvalue weighted by atomic mass is 10.1. The lowest BCUT2D eigenvalue weighted by Crippen LogP contribution is -2.35. The van der Waals surface area contributed by atoms with Gasteiger partial charge in [-0.2, -0.15) is 5.26 Å². The van der Waals surface area contributed by atoms with Crippen LogP contribution in [0.2, 0.25) is 0 Å². The first kappa shape index (κ1) is 13.1. The predicted molar refractivity (Wildman–Crippen MR) is 70.2 cm³/mol. The largest absolute Gasteiger partial charge is 0.356 e. The molecule has 0 radical (unpaired) electrons. The molecule has 1 aromatic heterocycles. The monoisotopic (exact) mass is 257 g/mol. The van der Waals surface area contributed by atoms with Crippen LogP contribution in [0.5, 0.6) is 0 Å². The second-order valence-electron chi connectivity index (χ2n) is 4.34. The average molecular weight is 257 g/mol. The minimum atomic E-state index is -0.138. The Bertz CT molecular complexity index is 612. The van der Waals surface area contributed by atoms with Crippen LogP contribution in [0, 0.1) is 11.3 Å². The van der Waals surface area contributed by atoms with Crippen molar-refractivity contribution >= 4 is 16.9 Å². The molecule has 1 atom stereocenters. The van der Waals surface area contributed by atoms with E-state index >= 15 is 0 Å². The van der Waals surface area contributed by atoms with Crippen molar-refractivity contribution in [3.05, 3.63) is 30.0 Å². The highest BCUT2D eigenvalue weighted by molar-refractivity contribution is 5.86. The fourth-order valence-corrected chi connectivity index (χ4v) is 1.90. The Labute approximate surface area is 111 Å². The third-order valence-electron chi connectivity index (χ3n) is 2.98. The Morgan fingerprint density at radius 2 is 2.32 bits per heavy atom. The molecule has 5 nitrogen and oxygen atoms in total. The number of benzene rings is 1. The summed E-state index contributed by atoms with van der Waals surface area (Å²) in [5, 5.41) is 16.2. The fourth-order valence-electron chi connectivity index (χ4n) is 1.90. The summed E-state index contributed by atoms with van der Waals surface area (Å²) < 4.78 is 5.15. The lowest BCUT2D eigenvalue weighted by Gasteiger charge is -2.12. The van der Waals surface area contributed by atoms with Gasteiger partial charge >= 0.3 is 0 Å². The van der Waals surface area contributed by atoms with Crippen LogP contribution in [0.15, 0.2) is 28.8 Å². The zero-order valence-electron chi connectivity index (χ0n) is 10.7.